The van der Waals surface area contributed by atoms with Gasteiger partial charge in [-0.1, -0.05) is 0 Å². The van der Waals surface area contributed by atoms with Crippen LogP contribution in [0.5, 0.6) is 34.5 Å². The summed E-state index contributed by atoms with van der Waals surface area (Å²) in [6.07, 6.45) is -8.79. The van der Waals surface area contributed by atoms with Gasteiger partial charge in [0.15, 0.2) is 18.0 Å². The molecule has 0 aliphatic rings. The minimum Gasteiger partial charge on any atom is -0.497 e. The molecule has 0 radical (unpaired) electrons. The number of anilines is 1. The molecule has 0 atom stereocenters. The summed E-state index contributed by atoms with van der Waals surface area (Å²) in [5.41, 5.74) is 2.06. The highest BCUT2D eigenvalue weighted by Gasteiger charge is 2.29. The number of hydrogen-bond acceptors (Lipinski definition) is 11. The second kappa shape index (κ2) is 20.4. The van der Waals surface area contributed by atoms with Crippen LogP contribution in [-0.4, -0.2) is 68.7 Å². The summed E-state index contributed by atoms with van der Waals surface area (Å²) >= 11 is 9.94. The van der Waals surface area contributed by atoms with Crippen molar-refractivity contribution in [2.24, 2.45) is 4.99 Å². The Morgan fingerprint density at radius 2 is 1.12 bits per heavy atom. The standard InChI is InChI=1S/C30H30F3N3O6S.C9H6F3NOS/c1-38-23-9-5-19(25(13-23)40-3)16-35(17-20-6-10-24(39-2)14-26(20)41-4)27-15-28(37)36(29(43)34-27)21-7-11-22(12-8-21)42-18-30(31,32)33;10-9(11,12)5-14-8-3-1-7(2-4-8)13-6-15/h5-15H,16-18H2,1-4H3,(H,34,43);1-4H,5H2. The number of hydrogen-bond donors (Lipinski definition) is 1. The zero-order valence-corrected chi connectivity index (χ0v) is 32.9. The molecule has 0 unspecified atom stereocenters. The zero-order valence-electron chi connectivity index (χ0n) is 31.3. The van der Waals surface area contributed by atoms with Crippen LogP contribution in [0.4, 0.5) is 37.8 Å². The highest BCUT2D eigenvalue weighted by atomic mass is 32.1. The first-order chi connectivity index (χ1) is 27.6. The van der Waals surface area contributed by atoms with Gasteiger partial charge in [0.05, 0.1) is 45.0 Å². The van der Waals surface area contributed by atoms with Gasteiger partial charge >= 0.3 is 12.4 Å². The van der Waals surface area contributed by atoms with Crippen LogP contribution in [-0.2, 0) is 13.1 Å². The largest absolute Gasteiger partial charge is 0.497 e. The number of H-pyrrole nitrogens is 1. The van der Waals surface area contributed by atoms with Gasteiger partial charge in [-0.05, 0) is 97.2 Å². The first-order valence-corrected chi connectivity index (χ1v) is 17.6. The summed E-state index contributed by atoms with van der Waals surface area (Å²) in [6.45, 7) is -2.11. The number of halogens is 6. The smallest absolute Gasteiger partial charge is 0.422 e. The number of aromatic amines is 1. The third-order valence-electron chi connectivity index (χ3n) is 7.88. The first kappa shape index (κ1) is 44.7. The number of ether oxygens (including phenoxy) is 6. The van der Waals surface area contributed by atoms with E-state index >= 15 is 0 Å². The van der Waals surface area contributed by atoms with Gasteiger partial charge in [0.2, 0.25) is 0 Å². The number of rotatable bonds is 15. The zero-order chi connectivity index (χ0) is 42.5. The topological polar surface area (TPSA) is 109 Å². The average molecular weight is 851 g/mol. The Morgan fingerprint density at radius 3 is 1.52 bits per heavy atom. The van der Waals surface area contributed by atoms with E-state index in [-0.39, 0.29) is 16.3 Å². The third-order valence-corrected chi connectivity index (χ3v) is 8.26. The summed E-state index contributed by atoms with van der Waals surface area (Å²) in [5, 5.41) is 2.15. The molecule has 19 heteroatoms. The lowest BCUT2D eigenvalue weighted by atomic mass is 10.1. The van der Waals surface area contributed by atoms with E-state index < -0.39 is 31.1 Å². The van der Waals surface area contributed by atoms with E-state index in [4.69, 9.17) is 35.9 Å². The van der Waals surface area contributed by atoms with Crippen molar-refractivity contribution in [2.75, 3.05) is 46.6 Å². The molecule has 11 nitrogen and oxygen atoms in total. The lowest BCUT2D eigenvalue weighted by Gasteiger charge is -2.27. The summed E-state index contributed by atoms with van der Waals surface area (Å²) < 4.78 is 105. The maximum atomic E-state index is 13.4. The van der Waals surface area contributed by atoms with Gasteiger partial charge < -0.3 is 38.3 Å². The highest BCUT2D eigenvalue weighted by molar-refractivity contribution is 7.78. The summed E-state index contributed by atoms with van der Waals surface area (Å²) in [5.74, 6) is 3.00. The van der Waals surface area contributed by atoms with E-state index in [0.29, 0.717) is 53.3 Å². The Hall–Kier alpha value is -6.04. The van der Waals surface area contributed by atoms with Crippen molar-refractivity contribution in [2.45, 2.75) is 25.4 Å². The molecule has 0 aliphatic carbocycles. The number of methoxy groups -OCH3 is 4. The number of nitrogens with one attached hydrogen (secondary N) is 1. The van der Waals surface area contributed by atoms with Crippen LogP contribution in [0.25, 0.3) is 5.69 Å². The van der Waals surface area contributed by atoms with Gasteiger partial charge in [-0.2, -0.15) is 31.3 Å². The van der Waals surface area contributed by atoms with Gasteiger partial charge in [-0.3, -0.25) is 9.36 Å². The van der Waals surface area contributed by atoms with Crippen molar-refractivity contribution in [3.05, 3.63) is 117 Å². The average Bonchev–Trinajstić information content (AvgIpc) is 3.19. The van der Waals surface area contributed by atoms with Crippen LogP contribution < -0.4 is 38.9 Å². The molecule has 308 valence electrons. The molecule has 4 aromatic carbocycles. The van der Waals surface area contributed by atoms with Crippen molar-refractivity contribution in [1.82, 2.24) is 9.55 Å². The number of thiocarbonyl (C=S) groups is 1. The molecule has 5 aromatic rings. The molecular weight excluding hydrogens is 815 g/mol. The molecule has 0 spiro atoms. The van der Waals surface area contributed by atoms with E-state index in [1.807, 2.05) is 29.2 Å². The van der Waals surface area contributed by atoms with E-state index in [0.717, 1.165) is 11.1 Å². The summed E-state index contributed by atoms with van der Waals surface area (Å²) in [6, 6.07) is 23.6. The second-order valence-corrected chi connectivity index (χ2v) is 12.4. The lowest BCUT2D eigenvalue weighted by Crippen LogP contribution is -2.28. The summed E-state index contributed by atoms with van der Waals surface area (Å²) in [7, 11) is 6.25. The number of aliphatic imine (C=N–C) groups is 1. The molecule has 0 fully saturated rings. The number of benzene rings is 4. The van der Waals surface area contributed by atoms with Crippen LogP contribution in [0.3, 0.4) is 0 Å². The van der Waals surface area contributed by atoms with Gasteiger partial charge in [0.25, 0.3) is 5.56 Å². The lowest BCUT2D eigenvalue weighted by molar-refractivity contribution is -0.154. The normalized spacial score (nSPS) is 11.0. The fourth-order valence-corrected chi connectivity index (χ4v) is 5.60. The number of nitrogens with zero attached hydrogens (tertiary/aromatic N) is 3. The van der Waals surface area contributed by atoms with Crippen LogP contribution in [0.1, 0.15) is 11.1 Å². The molecule has 0 saturated carbocycles. The van der Waals surface area contributed by atoms with E-state index in [1.54, 1.807) is 40.6 Å². The molecule has 1 heterocycles. The van der Waals surface area contributed by atoms with Crippen molar-refractivity contribution in [3.63, 3.8) is 0 Å². The van der Waals surface area contributed by atoms with E-state index in [9.17, 15) is 31.1 Å². The summed E-state index contributed by atoms with van der Waals surface area (Å²) in [4.78, 5) is 22.1. The number of alkyl halides is 6. The molecule has 0 aliphatic heterocycles. The van der Waals surface area contributed by atoms with Gasteiger partial charge in [-0.15, -0.1) is 0 Å². The van der Waals surface area contributed by atoms with E-state index in [2.05, 4.69) is 32.1 Å². The quantitative estimate of drug-likeness (QED) is 0.0622. The number of isothiocyanates is 1. The van der Waals surface area contributed by atoms with Crippen LogP contribution in [0, 0.1) is 4.77 Å². The predicted molar refractivity (Wildman–Crippen MR) is 210 cm³/mol. The van der Waals surface area contributed by atoms with Gasteiger partial charge in [0, 0.05) is 42.4 Å². The maximum absolute atomic E-state index is 13.4. The first-order valence-electron chi connectivity index (χ1n) is 16.8. The molecular formula is C39H36F6N4O7S2. The van der Waals surface area contributed by atoms with Crippen molar-refractivity contribution < 1.29 is 54.8 Å². The van der Waals surface area contributed by atoms with Gasteiger partial charge in [-0.25, -0.2) is 0 Å². The molecule has 0 saturated heterocycles. The van der Waals surface area contributed by atoms with Crippen LogP contribution in [0.15, 0.2) is 101 Å². The Labute approximate surface area is 339 Å². The van der Waals surface area contributed by atoms with Crippen molar-refractivity contribution in [3.8, 4) is 40.2 Å². The highest BCUT2D eigenvalue weighted by Crippen LogP contribution is 2.31. The molecule has 58 heavy (non-hydrogen) atoms. The Balaban J connectivity index is 0.000000417. The molecule has 0 bridgehead atoms. The molecule has 0 amide bonds. The van der Waals surface area contributed by atoms with Crippen LogP contribution >= 0.6 is 24.4 Å². The maximum Gasteiger partial charge on any atom is 0.422 e. The van der Waals surface area contributed by atoms with Crippen molar-refractivity contribution in [1.29, 1.82) is 0 Å². The minimum atomic E-state index is -4.47. The Bertz CT molecular complexity index is 2210. The fourth-order valence-electron chi connectivity index (χ4n) is 5.19. The molecule has 1 N–H and O–H groups in total. The monoisotopic (exact) mass is 850 g/mol. The molecule has 5 rings (SSSR count). The van der Waals surface area contributed by atoms with E-state index in [1.165, 1.54) is 59.2 Å². The predicted octanol–water partition coefficient (Wildman–Crippen LogP) is 9.44. The second-order valence-electron chi connectivity index (χ2n) is 11.8. The molecule has 1 aromatic heterocycles. The van der Waals surface area contributed by atoms with Gasteiger partial charge in [0.1, 0.15) is 40.3 Å². The van der Waals surface area contributed by atoms with Crippen LogP contribution in [0.2, 0.25) is 0 Å². The minimum absolute atomic E-state index is 0.00805. The number of aromatic nitrogens is 2. The SMILES string of the molecule is COc1ccc(CN(Cc2ccc(OC)cc2OC)c2cc(=O)n(-c3ccc(OCC(F)(F)F)cc3)c(=S)[nH]2)c(OC)c1.FC(F)(F)COc1ccc(N=C=S)cc1. The Morgan fingerprint density at radius 1 is 0.672 bits per heavy atom. The third kappa shape index (κ3) is 13.3. The fraction of sp³-hybridized carbons (Fsp3) is 0.256. The Kier molecular flexibility index (Phi) is 15.7. The van der Waals surface area contributed by atoms with Crippen molar-refractivity contribution >= 4 is 41.1 Å².